The van der Waals surface area contributed by atoms with Crippen LogP contribution in [0.4, 0.5) is 14.9 Å². The van der Waals surface area contributed by atoms with Crippen molar-refractivity contribution in [2.24, 2.45) is 0 Å². The van der Waals surface area contributed by atoms with Gasteiger partial charge in [-0.05, 0) is 18.2 Å². The molecular weight excluding hydrogens is 365 g/mol. The van der Waals surface area contributed by atoms with Crippen LogP contribution in [0.1, 0.15) is 5.56 Å². The lowest BCUT2D eigenvalue weighted by Crippen LogP contribution is -2.39. The molecule has 0 unspecified atom stereocenters. The average Bonchev–Trinajstić information content (AvgIpc) is 3.06. The SMILES string of the molecule is COc1ccc(OC)c(N2CCN(CC(=O)NCc3ccccc3F)C2=O)c1. The maximum atomic E-state index is 13.6. The first-order chi connectivity index (χ1) is 13.5. The molecule has 7 nitrogen and oxygen atoms in total. The molecule has 1 aliphatic rings. The molecule has 0 atom stereocenters. The van der Waals surface area contributed by atoms with Crippen LogP contribution in [-0.2, 0) is 11.3 Å². The van der Waals surface area contributed by atoms with E-state index >= 15 is 0 Å². The monoisotopic (exact) mass is 387 g/mol. The molecule has 2 aromatic rings. The van der Waals surface area contributed by atoms with Crippen LogP contribution in [0.15, 0.2) is 42.5 Å². The highest BCUT2D eigenvalue weighted by atomic mass is 19.1. The summed E-state index contributed by atoms with van der Waals surface area (Å²) in [7, 11) is 3.07. The highest BCUT2D eigenvalue weighted by Crippen LogP contribution is 2.34. The quantitative estimate of drug-likeness (QED) is 0.792. The van der Waals surface area contributed by atoms with E-state index in [9.17, 15) is 14.0 Å². The molecule has 0 spiro atoms. The number of benzene rings is 2. The topological polar surface area (TPSA) is 71.1 Å². The largest absolute Gasteiger partial charge is 0.497 e. The third-order valence-electron chi connectivity index (χ3n) is 4.54. The highest BCUT2D eigenvalue weighted by Gasteiger charge is 2.32. The number of urea groups is 1. The first-order valence-electron chi connectivity index (χ1n) is 8.82. The summed E-state index contributed by atoms with van der Waals surface area (Å²) in [6.07, 6.45) is 0. The fraction of sp³-hybridized carbons (Fsp3) is 0.300. The summed E-state index contributed by atoms with van der Waals surface area (Å²) < 4.78 is 24.2. The molecule has 0 radical (unpaired) electrons. The molecule has 0 aromatic heterocycles. The van der Waals surface area contributed by atoms with Crippen LogP contribution in [0.25, 0.3) is 0 Å². The molecule has 1 N–H and O–H groups in total. The molecule has 1 fully saturated rings. The average molecular weight is 387 g/mol. The summed E-state index contributed by atoms with van der Waals surface area (Å²) in [6.45, 7) is 0.784. The Morgan fingerprint density at radius 3 is 2.64 bits per heavy atom. The van der Waals surface area contributed by atoms with Gasteiger partial charge in [-0.2, -0.15) is 0 Å². The van der Waals surface area contributed by atoms with Crippen molar-refractivity contribution in [2.45, 2.75) is 6.54 Å². The Hall–Kier alpha value is -3.29. The number of halogens is 1. The predicted octanol–water partition coefficient (Wildman–Crippen LogP) is 2.40. The first-order valence-corrected chi connectivity index (χ1v) is 8.82. The van der Waals surface area contributed by atoms with Crippen molar-refractivity contribution < 1.29 is 23.5 Å². The van der Waals surface area contributed by atoms with Crippen molar-refractivity contribution >= 4 is 17.6 Å². The number of ether oxygens (including phenoxy) is 2. The van der Waals surface area contributed by atoms with Gasteiger partial charge in [-0.25, -0.2) is 9.18 Å². The summed E-state index contributed by atoms with van der Waals surface area (Å²) in [6, 6.07) is 11.1. The number of carbonyl (C=O) groups is 2. The summed E-state index contributed by atoms with van der Waals surface area (Å²) in [4.78, 5) is 27.9. The summed E-state index contributed by atoms with van der Waals surface area (Å²) >= 11 is 0. The number of amides is 3. The molecule has 8 heteroatoms. The van der Waals surface area contributed by atoms with E-state index < -0.39 is 0 Å². The maximum Gasteiger partial charge on any atom is 0.325 e. The van der Waals surface area contributed by atoms with Crippen LogP contribution >= 0.6 is 0 Å². The molecular formula is C20H22FN3O4. The van der Waals surface area contributed by atoms with E-state index in [1.54, 1.807) is 48.4 Å². The van der Waals surface area contributed by atoms with Crippen molar-refractivity contribution in [3.63, 3.8) is 0 Å². The van der Waals surface area contributed by atoms with Crippen molar-refractivity contribution in [3.8, 4) is 11.5 Å². The van der Waals surface area contributed by atoms with E-state index in [0.29, 0.717) is 35.8 Å². The van der Waals surface area contributed by atoms with Gasteiger partial charge in [-0.15, -0.1) is 0 Å². The van der Waals surface area contributed by atoms with E-state index in [2.05, 4.69) is 5.32 Å². The lowest BCUT2D eigenvalue weighted by molar-refractivity contribution is -0.121. The minimum absolute atomic E-state index is 0.0704. The Morgan fingerprint density at radius 2 is 1.93 bits per heavy atom. The second kappa shape index (κ2) is 8.60. The van der Waals surface area contributed by atoms with Gasteiger partial charge in [-0.3, -0.25) is 9.69 Å². The van der Waals surface area contributed by atoms with E-state index in [1.165, 1.54) is 18.1 Å². The van der Waals surface area contributed by atoms with Crippen LogP contribution in [0, 0.1) is 5.82 Å². The lowest BCUT2D eigenvalue weighted by Gasteiger charge is -2.21. The highest BCUT2D eigenvalue weighted by molar-refractivity contribution is 5.97. The van der Waals surface area contributed by atoms with Gasteiger partial charge in [0.05, 0.1) is 19.9 Å². The van der Waals surface area contributed by atoms with E-state index in [4.69, 9.17) is 9.47 Å². The fourth-order valence-corrected chi connectivity index (χ4v) is 3.03. The van der Waals surface area contributed by atoms with Gasteiger partial charge < -0.3 is 19.7 Å². The van der Waals surface area contributed by atoms with Crippen LogP contribution in [0.3, 0.4) is 0 Å². The molecule has 1 aliphatic heterocycles. The van der Waals surface area contributed by atoms with Crippen molar-refractivity contribution in [1.29, 1.82) is 0 Å². The zero-order chi connectivity index (χ0) is 20.1. The number of nitrogens with one attached hydrogen (secondary N) is 1. The number of hydrogen-bond acceptors (Lipinski definition) is 4. The lowest BCUT2D eigenvalue weighted by atomic mass is 10.2. The van der Waals surface area contributed by atoms with E-state index in [-0.39, 0.29) is 30.8 Å². The fourth-order valence-electron chi connectivity index (χ4n) is 3.03. The number of methoxy groups -OCH3 is 2. The molecule has 0 bridgehead atoms. The first kappa shape index (κ1) is 19.5. The van der Waals surface area contributed by atoms with Crippen LogP contribution in [0.2, 0.25) is 0 Å². The molecule has 0 saturated carbocycles. The van der Waals surface area contributed by atoms with Gasteiger partial charge in [0.2, 0.25) is 5.91 Å². The molecule has 148 valence electrons. The van der Waals surface area contributed by atoms with Crippen molar-refractivity contribution in [1.82, 2.24) is 10.2 Å². The van der Waals surface area contributed by atoms with Crippen molar-refractivity contribution in [3.05, 3.63) is 53.8 Å². The minimum Gasteiger partial charge on any atom is -0.497 e. The number of anilines is 1. The van der Waals surface area contributed by atoms with Crippen LogP contribution < -0.4 is 19.7 Å². The molecule has 28 heavy (non-hydrogen) atoms. The molecule has 3 rings (SSSR count). The van der Waals surface area contributed by atoms with Gasteiger partial charge in [-0.1, -0.05) is 18.2 Å². The standard InChI is InChI=1S/C20H22FN3O4/c1-27-15-7-8-18(28-2)17(11-15)24-10-9-23(20(24)26)13-19(25)22-12-14-5-3-4-6-16(14)21/h3-8,11H,9-10,12-13H2,1-2H3,(H,22,25). The Bertz CT molecular complexity index is 874. The number of nitrogens with zero attached hydrogens (tertiary/aromatic N) is 2. The van der Waals surface area contributed by atoms with Gasteiger partial charge in [0.1, 0.15) is 23.9 Å². The summed E-state index contributed by atoms with van der Waals surface area (Å²) in [5.41, 5.74) is 0.979. The Morgan fingerprint density at radius 1 is 1.14 bits per heavy atom. The van der Waals surface area contributed by atoms with E-state index in [0.717, 1.165) is 0 Å². The third kappa shape index (κ3) is 4.16. The van der Waals surface area contributed by atoms with Gasteiger partial charge in [0, 0.05) is 31.3 Å². The molecule has 1 saturated heterocycles. The molecule has 2 aromatic carbocycles. The number of hydrogen-bond donors (Lipinski definition) is 1. The maximum absolute atomic E-state index is 13.6. The zero-order valence-electron chi connectivity index (χ0n) is 15.8. The number of rotatable bonds is 7. The van der Waals surface area contributed by atoms with Gasteiger partial charge in [0.15, 0.2) is 0 Å². The Balaban J connectivity index is 1.63. The summed E-state index contributed by atoms with van der Waals surface area (Å²) in [5, 5.41) is 2.65. The smallest absolute Gasteiger partial charge is 0.325 e. The number of carbonyl (C=O) groups excluding carboxylic acids is 2. The van der Waals surface area contributed by atoms with E-state index in [1.807, 2.05) is 0 Å². The second-order valence-electron chi connectivity index (χ2n) is 6.26. The van der Waals surface area contributed by atoms with Gasteiger partial charge >= 0.3 is 6.03 Å². The van der Waals surface area contributed by atoms with Crippen LogP contribution in [0.5, 0.6) is 11.5 Å². The molecule has 0 aliphatic carbocycles. The van der Waals surface area contributed by atoms with Gasteiger partial charge in [0.25, 0.3) is 0 Å². The zero-order valence-corrected chi connectivity index (χ0v) is 15.8. The second-order valence-corrected chi connectivity index (χ2v) is 6.26. The van der Waals surface area contributed by atoms with Crippen molar-refractivity contribution in [2.75, 3.05) is 38.8 Å². The minimum atomic E-state index is -0.378. The normalized spacial score (nSPS) is 13.6. The molecule has 3 amide bonds. The Kier molecular flexibility index (Phi) is 5.98. The third-order valence-corrected chi connectivity index (χ3v) is 4.54. The van der Waals surface area contributed by atoms with Crippen LogP contribution in [-0.4, -0.2) is 50.7 Å². The predicted molar refractivity (Wildman–Crippen MR) is 102 cm³/mol. The summed E-state index contributed by atoms with van der Waals surface area (Å²) in [5.74, 6) is 0.414. The molecule has 1 heterocycles. The Labute approximate surface area is 162 Å².